The molecule has 2 N–H and O–H groups in total. The molecular weight excluding hydrogens is 352 g/mol. The van der Waals surface area contributed by atoms with Gasteiger partial charge in [0, 0.05) is 20.2 Å². The van der Waals surface area contributed by atoms with Crippen LogP contribution in [0.3, 0.4) is 0 Å². The molecule has 1 aromatic heterocycles. The lowest BCUT2D eigenvalue weighted by Gasteiger charge is -2.22. The van der Waals surface area contributed by atoms with Crippen molar-refractivity contribution in [1.82, 2.24) is 15.3 Å². The largest absolute Gasteiger partial charge is 0.473 e. The molecule has 0 spiro atoms. The summed E-state index contributed by atoms with van der Waals surface area (Å²) in [7, 11) is 1.58. The molecule has 0 bridgehead atoms. The number of anilines is 1. The van der Waals surface area contributed by atoms with Crippen molar-refractivity contribution in [3.8, 4) is 11.8 Å². The van der Waals surface area contributed by atoms with Crippen molar-refractivity contribution in [3.05, 3.63) is 6.20 Å². The smallest absolute Gasteiger partial charge is 0.414 e. The zero-order valence-corrected chi connectivity index (χ0v) is 16.9. The SMILES string of the molecule is CCN(CC)c1ncc(OC(=O)N[C@H](CO)CC(C)C)nc1OCCOC. The summed E-state index contributed by atoms with van der Waals surface area (Å²) in [4.78, 5) is 22.7. The van der Waals surface area contributed by atoms with E-state index in [0.717, 1.165) is 13.1 Å². The first-order valence-electron chi connectivity index (χ1n) is 9.27. The van der Waals surface area contributed by atoms with E-state index in [1.165, 1.54) is 6.20 Å². The van der Waals surface area contributed by atoms with Crippen LogP contribution < -0.4 is 19.7 Å². The Hall–Kier alpha value is -2.13. The van der Waals surface area contributed by atoms with E-state index in [-0.39, 0.29) is 24.4 Å². The lowest BCUT2D eigenvalue weighted by molar-refractivity contribution is 0.142. The highest BCUT2D eigenvalue weighted by Gasteiger charge is 2.18. The maximum absolute atomic E-state index is 12.1. The summed E-state index contributed by atoms with van der Waals surface area (Å²) >= 11 is 0. The third-order valence-corrected chi connectivity index (χ3v) is 3.79. The van der Waals surface area contributed by atoms with Crippen molar-refractivity contribution in [2.45, 2.75) is 40.2 Å². The molecular formula is C18H32N4O5. The number of rotatable bonds is 12. The molecule has 0 saturated heterocycles. The first-order valence-corrected chi connectivity index (χ1v) is 9.27. The van der Waals surface area contributed by atoms with E-state index in [1.807, 2.05) is 32.6 Å². The molecule has 9 heteroatoms. The highest BCUT2D eigenvalue weighted by atomic mass is 16.6. The normalized spacial score (nSPS) is 12.0. The van der Waals surface area contributed by atoms with Gasteiger partial charge < -0.3 is 29.5 Å². The minimum atomic E-state index is -0.692. The van der Waals surface area contributed by atoms with Crippen molar-refractivity contribution in [2.24, 2.45) is 5.92 Å². The molecule has 1 rings (SSSR count). The number of aliphatic hydroxyl groups excluding tert-OH is 1. The predicted octanol–water partition coefficient (Wildman–Crippen LogP) is 1.84. The molecule has 0 aromatic carbocycles. The van der Waals surface area contributed by atoms with Gasteiger partial charge >= 0.3 is 6.09 Å². The van der Waals surface area contributed by atoms with Gasteiger partial charge in [0.15, 0.2) is 5.82 Å². The summed E-state index contributed by atoms with van der Waals surface area (Å²) in [6.45, 7) is 10.0. The average molecular weight is 384 g/mol. The minimum absolute atomic E-state index is 0.0251. The molecule has 0 saturated carbocycles. The number of hydrogen-bond acceptors (Lipinski definition) is 8. The zero-order valence-electron chi connectivity index (χ0n) is 16.9. The maximum atomic E-state index is 12.1. The fraction of sp³-hybridized carbons (Fsp3) is 0.722. The van der Waals surface area contributed by atoms with E-state index in [9.17, 15) is 9.90 Å². The second-order valence-electron chi connectivity index (χ2n) is 6.39. The highest BCUT2D eigenvalue weighted by Crippen LogP contribution is 2.26. The van der Waals surface area contributed by atoms with Gasteiger partial charge in [0.25, 0.3) is 5.88 Å². The fourth-order valence-electron chi connectivity index (χ4n) is 2.50. The number of carbonyl (C=O) groups is 1. The van der Waals surface area contributed by atoms with Crippen LogP contribution in [0.5, 0.6) is 11.8 Å². The van der Waals surface area contributed by atoms with Crippen LogP contribution in [0.15, 0.2) is 6.20 Å². The van der Waals surface area contributed by atoms with Crippen LogP contribution in [-0.4, -0.2) is 67.2 Å². The molecule has 1 heterocycles. The lowest BCUT2D eigenvalue weighted by atomic mass is 10.0. The summed E-state index contributed by atoms with van der Waals surface area (Å²) in [5.74, 6) is 1.22. The van der Waals surface area contributed by atoms with Gasteiger partial charge in [0.1, 0.15) is 6.61 Å². The average Bonchev–Trinajstić information content (AvgIpc) is 2.63. The Labute approximate surface area is 161 Å². The molecule has 0 unspecified atom stereocenters. The van der Waals surface area contributed by atoms with E-state index >= 15 is 0 Å². The highest BCUT2D eigenvalue weighted by molar-refractivity contribution is 5.70. The third kappa shape index (κ3) is 7.96. The number of ether oxygens (including phenoxy) is 3. The first kappa shape index (κ1) is 22.9. The zero-order chi connectivity index (χ0) is 20.2. The van der Waals surface area contributed by atoms with Gasteiger partial charge in [-0.25, -0.2) is 9.78 Å². The molecule has 0 radical (unpaired) electrons. The second-order valence-corrected chi connectivity index (χ2v) is 6.39. The number of nitrogens with one attached hydrogen (secondary N) is 1. The Bertz CT molecular complexity index is 567. The van der Waals surface area contributed by atoms with Crippen molar-refractivity contribution >= 4 is 11.9 Å². The Morgan fingerprint density at radius 3 is 2.56 bits per heavy atom. The summed E-state index contributed by atoms with van der Waals surface area (Å²) < 4.78 is 15.9. The van der Waals surface area contributed by atoms with E-state index in [2.05, 4.69) is 15.3 Å². The molecule has 1 aromatic rings. The van der Waals surface area contributed by atoms with Crippen molar-refractivity contribution < 1.29 is 24.1 Å². The molecule has 154 valence electrons. The minimum Gasteiger partial charge on any atom is -0.473 e. The van der Waals surface area contributed by atoms with Crippen LogP contribution >= 0.6 is 0 Å². The topological polar surface area (TPSA) is 106 Å². The molecule has 9 nitrogen and oxygen atoms in total. The molecule has 1 amide bonds. The predicted molar refractivity (Wildman–Crippen MR) is 102 cm³/mol. The molecule has 1 atom stereocenters. The van der Waals surface area contributed by atoms with Gasteiger partial charge in [-0.15, -0.1) is 0 Å². The quantitative estimate of drug-likeness (QED) is 0.526. The van der Waals surface area contributed by atoms with Crippen LogP contribution in [-0.2, 0) is 4.74 Å². The first-order chi connectivity index (χ1) is 12.9. The molecule has 0 aliphatic rings. The van der Waals surface area contributed by atoms with Crippen molar-refractivity contribution in [1.29, 1.82) is 0 Å². The van der Waals surface area contributed by atoms with Crippen LogP contribution in [0.1, 0.15) is 34.1 Å². The third-order valence-electron chi connectivity index (χ3n) is 3.79. The maximum Gasteiger partial charge on any atom is 0.414 e. The number of aliphatic hydroxyl groups is 1. The van der Waals surface area contributed by atoms with Gasteiger partial charge in [-0.3, -0.25) is 0 Å². The van der Waals surface area contributed by atoms with Gasteiger partial charge in [0.2, 0.25) is 5.88 Å². The Morgan fingerprint density at radius 2 is 2.00 bits per heavy atom. The van der Waals surface area contributed by atoms with Crippen molar-refractivity contribution in [2.75, 3.05) is 44.9 Å². The molecule has 0 aliphatic heterocycles. The fourth-order valence-corrected chi connectivity index (χ4v) is 2.50. The summed E-state index contributed by atoms with van der Waals surface area (Å²) in [5.41, 5.74) is 0. The number of carbonyl (C=O) groups excluding carboxylic acids is 1. The summed E-state index contributed by atoms with van der Waals surface area (Å²) in [6.07, 6.45) is 1.33. The summed E-state index contributed by atoms with van der Waals surface area (Å²) in [6, 6.07) is -0.377. The van der Waals surface area contributed by atoms with Gasteiger partial charge in [-0.2, -0.15) is 4.98 Å². The standard InChI is InChI=1S/C18H32N4O5/c1-6-22(7-2)16-17(26-9-8-25-5)21-15(11-19-16)27-18(24)20-14(12-23)10-13(3)4/h11,13-14,23H,6-10,12H2,1-5H3,(H,20,24)/t14-/m0/s1. The monoisotopic (exact) mass is 384 g/mol. The number of nitrogens with zero attached hydrogens (tertiary/aromatic N) is 3. The van der Waals surface area contributed by atoms with E-state index in [4.69, 9.17) is 14.2 Å². The number of amides is 1. The van der Waals surface area contributed by atoms with Crippen LogP contribution in [0.25, 0.3) is 0 Å². The van der Waals surface area contributed by atoms with Gasteiger partial charge in [0.05, 0.1) is 25.5 Å². The van der Waals surface area contributed by atoms with Crippen molar-refractivity contribution in [3.63, 3.8) is 0 Å². The molecule has 0 fully saturated rings. The lowest BCUT2D eigenvalue weighted by Crippen LogP contribution is -2.40. The molecule has 0 aliphatic carbocycles. The van der Waals surface area contributed by atoms with E-state index in [1.54, 1.807) is 7.11 Å². The number of hydrogen-bond donors (Lipinski definition) is 2. The van der Waals surface area contributed by atoms with E-state index < -0.39 is 6.09 Å². The number of methoxy groups -OCH3 is 1. The molecule has 27 heavy (non-hydrogen) atoms. The van der Waals surface area contributed by atoms with Crippen LogP contribution in [0.4, 0.5) is 10.6 Å². The summed E-state index contributed by atoms with van der Waals surface area (Å²) in [5, 5.41) is 12.0. The second kappa shape index (κ2) is 12.3. The Morgan fingerprint density at radius 1 is 1.30 bits per heavy atom. The Kier molecular flexibility index (Phi) is 10.4. The van der Waals surface area contributed by atoms with Gasteiger partial charge in [-0.05, 0) is 26.2 Å². The number of aromatic nitrogens is 2. The Balaban J connectivity index is 2.87. The van der Waals surface area contributed by atoms with Crippen LogP contribution in [0.2, 0.25) is 0 Å². The van der Waals surface area contributed by atoms with Gasteiger partial charge in [-0.1, -0.05) is 13.8 Å². The van der Waals surface area contributed by atoms with E-state index in [0.29, 0.717) is 31.4 Å². The van der Waals surface area contributed by atoms with Crippen LogP contribution in [0, 0.1) is 5.92 Å².